The molecule has 2 aromatic heterocycles. The monoisotopic (exact) mass is 347 g/mol. The zero-order valence-electron chi connectivity index (χ0n) is 13.1. The van der Waals surface area contributed by atoms with Crippen molar-refractivity contribution in [2.45, 2.75) is 31.7 Å². The summed E-state index contributed by atoms with van der Waals surface area (Å²) in [7, 11) is 0. The van der Waals surface area contributed by atoms with Gasteiger partial charge in [0.15, 0.2) is 0 Å². The molecule has 0 aromatic carbocycles. The minimum Gasteiger partial charge on any atom is -0.335 e. The Labute approximate surface area is 144 Å². The standard InChI is InChI=1S/C17H21N3OS2/c21-17(14-12-23-16(18-14)15-6-3-11-22-15)20-9-7-19(8-10-20)13-4-1-2-5-13/h3,6,11-13H,1-2,4-5,7-10H2. The van der Waals surface area contributed by atoms with Crippen LogP contribution in [0.5, 0.6) is 0 Å². The van der Waals surface area contributed by atoms with Crippen LogP contribution in [-0.4, -0.2) is 52.9 Å². The first-order chi connectivity index (χ1) is 11.3. The highest BCUT2D eigenvalue weighted by molar-refractivity contribution is 7.20. The summed E-state index contributed by atoms with van der Waals surface area (Å²) in [5.74, 6) is 0.0927. The van der Waals surface area contributed by atoms with Crippen molar-refractivity contribution in [2.75, 3.05) is 26.2 Å². The largest absolute Gasteiger partial charge is 0.335 e. The summed E-state index contributed by atoms with van der Waals surface area (Å²) < 4.78 is 0. The molecule has 0 unspecified atom stereocenters. The highest BCUT2D eigenvalue weighted by Crippen LogP contribution is 2.28. The normalized spacial score (nSPS) is 20.3. The first-order valence-corrected chi connectivity index (χ1v) is 10.1. The maximum absolute atomic E-state index is 12.7. The number of piperazine rings is 1. The molecule has 0 bridgehead atoms. The first kappa shape index (κ1) is 15.3. The fraction of sp³-hybridized carbons (Fsp3) is 0.529. The van der Waals surface area contributed by atoms with E-state index in [1.165, 1.54) is 25.7 Å². The topological polar surface area (TPSA) is 36.4 Å². The Balaban J connectivity index is 1.38. The lowest BCUT2D eigenvalue weighted by Gasteiger charge is -2.37. The number of carbonyl (C=O) groups is 1. The van der Waals surface area contributed by atoms with E-state index in [2.05, 4.69) is 16.0 Å². The minimum atomic E-state index is 0.0927. The van der Waals surface area contributed by atoms with Crippen LogP contribution in [0.2, 0.25) is 0 Å². The Bertz CT molecular complexity index is 653. The van der Waals surface area contributed by atoms with Gasteiger partial charge in [0.25, 0.3) is 5.91 Å². The second kappa shape index (κ2) is 6.71. The van der Waals surface area contributed by atoms with E-state index in [0.717, 1.165) is 42.1 Å². The second-order valence-electron chi connectivity index (χ2n) is 6.28. The number of aromatic nitrogens is 1. The van der Waals surface area contributed by atoms with E-state index >= 15 is 0 Å². The molecule has 4 nitrogen and oxygen atoms in total. The lowest BCUT2D eigenvalue weighted by molar-refractivity contribution is 0.0569. The van der Waals surface area contributed by atoms with Gasteiger partial charge in [-0.25, -0.2) is 4.98 Å². The summed E-state index contributed by atoms with van der Waals surface area (Å²) in [6.07, 6.45) is 5.41. The van der Waals surface area contributed by atoms with Gasteiger partial charge in [0.05, 0.1) is 4.88 Å². The molecule has 2 aromatic rings. The summed E-state index contributed by atoms with van der Waals surface area (Å²) in [4.78, 5) is 22.9. The van der Waals surface area contributed by atoms with Crippen LogP contribution in [0, 0.1) is 0 Å². The number of hydrogen-bond acceptors (Lipinski definition) is 5. The van der Waals surface area contributed by atoms with Crippen molar-refractivity contribution in [1.82, 2.24) is 14.8 Å². The third kappa shape index (κ3) is 3.20. The summed E-state index contributed by atoms with van der Waals surface area (Å²) in [5, 5.41) is 4.90. The molecule has 0 spiro atoms. The number of thiazole rings is 1. The smallest absolute Gasteiger partial charge is 0.273 e. The van der Waals surface area contributed by atoms with Gasteiger partial charge in [0.1, 0.15) is 10.7 Å². The van der Waals surface area contributed by atoms with E-state index in [1.54, 1.807) is 22.7 Å². The van der Waals surface area contributed by atoms with Crippen molar-refractivity contribution in [3.05, 3.63) is 28.6 Å². The number of carbonyl (C=O) groups excluding carboxylic acids is 1. The highest BCUT2D eigenvalue weighted by atomic mass is 32.1. The number of thiophene rings is 1. The van der Waals surface area contributed by atoms with Crippen molar-refractivity contribution in [1.29, 1.82) is 0 Å². The van der Waals surface area contributed by atoms with Crippen LogP contribution < -0.4 is 0 Å². The zero-order chi connectivity index (χ0) is 15.6. The van der Waals surface area contributed by atoms with Crippen molar-refractivity contribution in [3.8, 4) is 9.88 Å². The molecular weight excluding hydrogens is 326 g/mol. The number of rotatable bonds is 3. The Hall–Kier alpha value is -1.24. The van der Waals surface area contributed by atoms with Gasteiger partial charge in [0.2, 0.25) is 0 Å². The third-order valence-corrected chi connectivity index (χ3v) is 6.78. The van der Waals surface area contributed by atoms with Gasteiger partial charge in [-0.05, 0) is 24.3 Å². The highest BCUT2D eigenvalue weighted by Gasteiger charge is 2.29. The predicted molar refractivity (Wildman–Crippen MR) is 95.2 cm³/mol. The molecule has 3 heterocycles. The fourth-order valence-electron chi connectivity index (χ4n) is 3.61. The molecule has 0 radical (unpaired) electrons. The molecular formula is C17H21N3OS2. The number of amides is 1. The quantitative estimate of drug-likeness (QED) is 0.852. The molecule has 23 heavy (non-hydrogen) atoms. The maximum atomic E-state index is 12.7. The Morgan fingerprint density at radius 3 is 2.61 bits per heavy atom. The van der Waals surface area contributed by atoms with Crippen LogP contribution in [-0.2, 0) is 0 Å². The third-order valence-electron chi connectivity index (χ3n) is 4.90. The Morgan fingerprint density at radius 1 is 1.13 bits per heavy atom. The van der Waals surface area contributed by atoms with Crippen LogP contribution in [0.25, 0.3) is 9.88 Å². The van der Waals surface area contributed by atoms with Gasteiger partial charge in [-0.15, -0.1) is 22.7 Å². The van der Waals surface area contributed by atoms with Gasteiger partial charge in [-0.1, -0.05) is 18.9 Å². The predicted octanol–water partition coefficient (Wildman–Crippen LogP) is 3.57. The van der Waals surface area contributed by atoms with E-state index in [-0.39, 0.29) is 5.91 Å². The maximum Gasteiger partial charge on any atom is 0.273 e. The molecule has 0 N–H and O–H groups in total. The van der Waals surface area contributed by atoms with E-state index in [0.29, 0.717) is 5.69 Å². The molecule has 2 fully saturated rings. The van der Waals surface area contributed by atoms with Crippen LogP contribution in [0.4, 0.5) is 0 Å². The van der Waals surface area contributed by atoms with Crippen LogP contribution >= 0.6 is 22.7 Å². The fourth-order valence-corrected chi connectivity index (χ4v) is 5.21. The summed E-state index contributed by atoms with van der Waals surface area (Å²) in [5.41, 5.74) is 0.604. The van der Waals surface area contributed by atoms with E-state index in [4.69, 9.17) is 0 Å². The second-order valence-corrected chi connectivity index (χ2v) is 8.09. The molecule has 1 amide bonds. The molecule has 2 aliphatic rings. The minimum absolute atomic E-state index is 0.0927. The van der Waals surface area contributed by atoms with Crippen molar-refractivity contribution < 1.29 is 4.79 Å². The van der Waals surface area contributed by atoms with Crippen LogP contribution in [0.15, 0.2) is 22.9 Å². The van der Waals surface area contributed by atoms with Crippen LogP contribution in [0.1, 0.15) is 36.2 Å². The SMILES string of the molecule is O=C(c1csc(-c2cccs2)n1)N1CCN(C2CCCC2)CC1. The Morgan fingerprint density at radius 2 is 1.91 bits per heavy atom. The lowest BCUT2D eigenvalue weighted by Crippen LogP contribution is -2.51. The summed E-state index contributed by atoms with van der Waals surface area (Å²) in [6.45, 7) is 3.69. The molecule has 6 heteroatoms. The summed E-state index contributed by atoms with van der Waals surface area (Å²) >= 11 is 3.23. The average Bonchev–Trinajstić information content (AvgIpc) is 3.36. The molecule has 4 rings (SSSR count). The number of nitrogens with zero attached hydrogens (tertiary/aromatic N) is 3. The number of hydrogen-bond donors (Lipinski definition) is 0. The van der Waals surface area contributed by atoms with Gasteiger partial charge in [0, 0.05) is 37.6 Å². The molecule has 1 aliphatic carbocycles. The van der Waals surface area contributed by atoms with Crippen molar-refractivity contribution in [3.63, 3.8) is 0 Å². The molecule has 1 saturated carbocycles. The zero-order valence-corrected chi connectivity index (χ0v) is 14.7. The van der Waals surface area contributed by atoms with Crippen molar-refractivity contribution >= 4 is 28.6 Å². The molecule has 1 saturated heterocycles. The van der Waals surface area contributed by atoms with Gasteiger partial charge in [-0.3, -0.25) is 9.69 Å². The Kier molecular flexibility index (Phi) is 4.46. The van der Waals surface area contributed by atoms with Gasteiger partial charge < -0.3 is 4.90 Å². The van der Waals surface area contributed by atoms with E-state index in [1.807, 2.05) is 21.7 Å². The van der Waals surface area contributed by atoms with Crippen LogP contribution in [0.3, 0.4) is 0 Å². The van der Waals surface area contributed by atoms with Crippen molar-refractivity contribution in [2.24, 2.45) is 0 Å². The van der Waals surface area contributed by atoms with E-state index in [9.17, 15) is 4.79 Å². The van der Waals surface area contributed by atoms with E-state index < -0.39 is 0 Å². The molecule has 0 atom stereocenters. The lowest BCUT2D eigenvalue weighted by atomic mass is 10.2. The summed E-state index contributed by atoms with van der Waals surface area (Å²) in [6, 6.07) is 4.83. The average molecular weight is 348 g/mol. The molecule has 1 aliphatic heterocycles. The molecule has 122 valence electrons. The first-order valence-electron chi connectivity index (χ1n) is 8.34. The van der Waals surface area contributed by atoms with Gasteiger partial charge >= 0.3 is 0 Å². The van der Waals surface area contributed by atoms with Gasteiger partial charge in [-0.2, -0.15) is 0 Å².